The number of thioether (sulfide) groups is 1. The molecule has 0 bridgehead atoms. The van der Waals surface area contributed by atoms with Gasteiger partial charge in [0.25, 0.3) is 0 Å². The number of rotatable bonds is 14. The van der Waals surface area contributed by atoms with Gasteiger partial charge >= 0.3 is 5.97 Å². The second-order valence-corrected chi connectivity index (χ2v) is 7.42. The van der Waals surface area contributed by atoms with Crippen LogP contribution in [0.25, 0.3) is 0 Å². The van der Waals surface area contributed by atoms with Crippen LogP contribution in [0.1, 0.15) is 57.4 Å². The maximum absolute atomic E-state index is 12.0. The SMILES string of the molecule is CCCCCC/C=C/CC(=O)NC(CSCc1ccccc1)CC(=O)O. The second kappa shape index (κ2) is 14.4. The van der Waals surface area contributed by atoms with Crippen LogP contribution in [0.4, 0.5) is 0 Å². The van der Waals surface area contributed by atoms with Gasteiger partial charge in [0.2, 0.25) is 5.91 Å². The summed E-state index contributed by atoms with van der Waals surface area (Å²) in [7, 11) is 0. The van der Waals surface area contributed by atoms with E-state index < -0.39 is 5.97 Å². The molecular weight excluding hydrogens is 346 g/mol. The van der Waals surface area contributed by atoms with Crippen molar-refractivity contribution < 1.29 is 14.7 Å². The van der Waals surface area contributed by atoms with E-state index in [1.165, 1.54) is 24.8 Å². The predicted octanol–water partition coefficient (Wildman–Crippen LogP) is 4.80. The summed E-state index contributed by atoms with van der Waals surface area (Å²) in [6, 6.07) is 9.69. The minimum Gasteiger partial charge on any atom is -0.481 e. The van der Waals surface area contributed by atoms with Crippen LogP contribution in [-0.4, -0.2) is 28.8 Å². The molecule has 1 unspecified atom stereocenters. The van der Waals surface area contributed by atoms with Crippen molar-refractivity contribution in [3.63, 3.8) is 0 Å². The summed E-state index contributed by atoms with van der Waals surface area (Å²) in [5, 5.41) is 11.9. The van der Waals surface area contributed by atoms with Crippen molar-refractivity contribution in [3.8, 4) is 0 Å². The first-order valence-electron chi connectivity index (χ1n) is 9.39. The highest BCUT2D eigenvalue weighted by Crippen LogP contribution is 2.14. The van der Waals surface area contributed by atoms with Crippen LogP contribution >= 0.6 is 11.8 Å². The molecule has 1 atom stereocenters. The maximum atomic E-state index is 12.0. The van der Waals surface area contributed by atoms with E-state index in [2.05, 4.69) is 12.2 Å². The van der Waals surface area contributed by atoms with Crippen molar-refractivity contribution in [1.29, 1.82) is 0 Å². The van der Waals surface area contributed by atoms with Gasteiger partial charge in [0.05, 0.1) is 6.42 Å². The smallest absolute Gasteiger partial charge is 0.305 e. The Kier molecular flexibility index (Phi) is 12.4. The summed E-state index contributed by atoms with van der Waals surface area (Å²) in [5.41, 5.74) is 1.20. The molecular formula is C21H31NO3S. The topological polar surface area (TPSA) is 66.4 Å². The second-order valence-electron chi connectivity index (χ2n) is 6.39. The van der Waals surface area contributed by atoms with Gasteiger partial charge in [-0.15, -0.1) is 0 Å². The fourth-order valence-corrected chi connectivity index (χ4v) is 3.57. The molecule has 0 aliphatic heterocycles. The van der Waals surface area contributed by atoms with Gasteiger partial charge in [-0.2, -0.15) is 11.8 Å². The van der Waals surface area contributed by atoms with E-state index in [1.54, 1.807) is 11.8 Å². The summed E-state index contributed by atoms with van der Waals surface area (Å²) in [5.74, 6) is 0.404. The number of unbranched alkanes of at least 4 members (excludes halogenated alkanes) is 4. The average molecular weight is 378 g/mol. The Morgan fingerprint density at radius 3 is 2.62 bits per heavy atom. The lowest BCUT2D eigenvalue weighted by atomic mass is 10.1. The molecule has 26 heavy (non-hydrogen) atoms. The van der Waals surface area contributed by atoms with Crippen molar-refractivity contribution >= 4 is 23.6 Å². The zero-order chi connectivity index (χ0) is 19.0. The Hall–Kier alpha value is -1.75. The average Bonchev–Trinajstić information content (AvgIpc) is 2.61. The van der Waals surface area contributed by atoms with Crippen LogP contribution in [0.15, 0.2) is 42.5 Å². The first kappa shape index (κ1) is 22.3. The van der Waals surface area contributed by atoms with Gasteiger partial charge < -0.3 is 10.4 Å². The van der Waals surface area contributed by atoms with E-state index in [4.69, 9.17) is 5.11 Å². The Balaban J connectivity index is 2.30. The third-order valence-electron chi connectivity index (χ3n) is 3.91. The molecule has 2 N–H and O–H groups in total. The normalized spacial score (nSPS) is 12.2. The molecule has 5 heteroatoms. The van der Waals surface area contributed by atoms with E-state index in [0.717, 1.165) is 18.6 Å². The zero-order valence-corrected chi connectivity index (χ0v) is 16.5. The summed E-state index contributed by atoms with van der Waals surface area (Å²) >= 11 is 1.64. The number of aliphatic carboxylic acids is 1. The predicted molar refractivity (Wildman–Crippen MR) is 109 cm³/mol. The largest absolute Gasteiger partial charge is 0.481 e. The molecule has 0 aliphatic rings. The minimum absolute atomic E-state index is 0.0474. The molecule has 0 fully saturated rings. The standard InChI is InChI=1S/C21H31NO3S/c1-2-3-4-5-6-7-11-14-20(23)22-19(15-21(24)25)17-26-16-18-12-9-8-10-13-18/h7-13,19H,2-6,14-17H2,1H3,(H,22,23)(H,24,25)/b11-7+. The molecule has 0 saturated heterocycles. The van der Waals surface area contributed by atoms with Gasteiger partial charge in [-0.1, -0.05) is 68.7 Å². The molecule has 144 valence electrons. The van der Waals surface area contributed by atoms with Crippen molar-refractivity contribution in [2.24, 2.45) is 0 Å². The van der Waals surface area contributed by atoms with Crippen molar-refractivity contribution in [3.05, 3.63) is 48.0 Å². The van der Waals surface area contributed by atoms with Crippen LogP contribution in [0.3, 0.4) is 0 Å². The third kappa shape index (κ3) is 11.7. The van der Waals surface area contributed by atoms with Gasteiger partial charge in [-0.3, -0.25) is 9.59 Å². The Morgan fingerprint density at radius 1 is 1.15 bits per heavy atom. The van der Waals surface area contributed by atoms with E-state index in [0.29, 0.717) is 12.2 Å². The zero-order valence-electron chi connectivity index (χ0n) is 15.7. The third-order valence-corrected chi connectivity index (χ3v) is 5.09. The van der Waals surface area contributed by atoms with Crippen LogP contribution in [0, 0.1) is 0 Å². The van der Waals surface area contributed by atoms with E-state index >= 15 is 0 Å². The van der Waals surface area contributed by atoms with Gasteiger partial charge in [0.15, 0.2) is 0 Å². The number of carbonyl (C=O) groups excluding carboxylic acids is 1. The van der Waals surface area contributed by atoms with Gasteiger partial charge in [-0.05, 0) is 18.4 Å². The molecule has 0 spiro atoms. The molecule has 0 saturated carbocycles. The quantitative estimate of drug-likeness (QED) is 0.361. The number of hydrogen-bond acceptors (Lipinski definition) is 3. The van der Waals surface area contributed by atoms with Crippen molar-refractivity contribution in [2.45, 2.75) is 63.7 Å². The number of benzene rings is 1. The highest BCUT2D eigenvalue weighted by atomic mass is 32.2. The number of hydrogen-bond donors (Lipinski definition) is 2. The minimum atomic E-state index is -0.887. The summed E-state index contributed by atoms with van der Waals surface area (Å²) in [6.45, 7) is 2.19. The first-order chi connectivity index (χ1) is 12.6. The Labute approximate surface area is 161 Å². The molecule has 1 amide bonds. The van der Waals surface area contributed by atoms with E-state index in [1.807, 2.05) is 42.5 Å². The number of carbonyl (C=O) groups is 2. The van der Waals surface area contributed by atoms with Crippen LogP contribution in [0.2, 0.25) is 0 Å². The monoisotopic (exact) mass is 377 g/mol. The lowest BCUT2D eigenvalue weighted by Gasteiger charge is -2.16. The van der Waals surface area contributed by atoms with E-state index in [9.17, 15) is 9.59 Å². The van der Waals surface area contributed by atoms with Crippen LogP contribution in [0.5, 0.6) is 0 Å². The van der Waals surface area contributed by atoms with Gasteiger partial charge in [0.1, 0.15) is 0 Å². The maximum Gasteiger partial charge on any atom is 0.305 e. The van der Waals surface area contributed by atoms with Gasteiger partial charge in [-0.25, -0.2) is 0 Å². The van der Waals surface area contributed by atoms with Crippen LogP contribution < -0.4 is 5.32 Å². The molecule has 0 radical (unpaired) electrons. The molecule has 0 heterocycles. The summed E-state index contributed by atoms with van der Waals surface area (Å²) < 4.78 is 0. The molecule has 1 aromatic carbocycles. The number of carboxylic acids is 1. The fourth-order valence-electron chi connectivity index (χ4n) is 2.54. The van der Waals surface area contributed by atoms with Crippen molar-refractivity contribution in [2.75, 3.05) is 5.75 Å². The fraction of sp³-hybridized carbons (Fsp3) is 0.524. The molecule has 0 aromatic heterocycles. The number of nitrogens with one attached hydrogen (secondary N) is 1. The summed E-state index contributed by atoms with van der Waals surface area (Å²) in [6.07, 6.45) is 10.1. The Bertz CT molecular complexity index is 545. The lowest BCUT2D eigenvalue weighted by Crippen LogP contribution is -2.38. The molecule has 1 aromatic rings. The van der Waals surface area contributed by atoms with E-state index in [-0.39, 0.29) is 18.4 Å². The highest BCUT2D eigenvalue weighted by Gasteiger charge is 2.15. The summed E-state index contributed by atoms with van der Waals surface area (Å²) in [4.78, 5) is 23.1. The Morgan fingerprint density at radius 2 is 1.92 bits per heavy atom. The molecule has 0 aliphatic carbocycles. The highest BCUT2D eigenvalue weighted by molar-refractivity contribution is 7.98. The van der Waals surface area contributed by atoms with Crippen LogP contribution in [-0.2, 0) is 15.3 Å². The molecule has 4 nitrogen and oxygen atoms in total. The van der Waals surface area contributed by atoms with Gasteiger partial charge in [0, 0.05) is 24.0 Å². The first-order valence-corrected chi connectivity index (χ1v) is 10.5. The lowest BCUT2D eigenvalue weighted by molar-refractivity contribution is -0.137. The number of amides is 1. The number of carboxylic acid groups (broad SMARTS) is 1. The molecule has 1 rings (SSSR count). The van der Waals surface area contributed by atoms with Crippen molar-refractivity contribution in [1.82, 2.24) is 5.32 Å². The number of allylic oxidation sites excluding steroid dienone is 1.